The number of rotatable bonds is 7. The molecule has 3 nitrogen and oxygen atoms in total. The summed E-state index contributed by atoms with van der Waals surface area (Å²) in [5, 5.41) is 0. The molecule has 1 saturated heterocycles. The summed E-state index contributed by atoms with van der Waals surface area (Å²) in [6.07, 6.45) is 9.02. The van der Waals surface area contributed by atoms with Gasteiger partial charge in [0.1, 0.15) is 11.9 Å². The minimum Gasteiger partial charge on any atom is -0.458 e. The Morgan fingerprint density at radius 3 is 2.62 bits per heavy atom. The van der Waals surface area contributed by atoms with E-state index in [2.05, 4.69) is 13.8 Å². The van der Waals surface area contributed by atoms with Gasteiger partial charge in [-0.15, -0.1) is 0 Å². The molecule has 2 aliphatic rings. The van der Waals surface area contributed by atoms with Crippen molar-refractivity contribution in [3.05, 3.63) is 34.6 Å². The summed E-state index contributed by atoms with van der Waals surface area (Å²) in [5.41, 5.74) is 1.56. The van der Waals surface area contributed by atoms with Gasteiger partial charge in [-0.05, 0) is 43.2 Å². The van der Waals surface area contributed by atoms with Crippen LogP contribution in [0, 0.1) is 5.82 Å². The van der Waals surface area contributed by atoms with Crippen LogP contribution < -0.4 is 0 Å². The van der Waals surface area contributed by atoms with Crippen molar-refractivity contribution in [2.24, 2.45) is 0 Å². The maximum Gasteiger partial charge on any atom is 0.341 e. The third kappa shape index (κ3) is 4.28. The van der Waals surface area contributed by atoms with Crippen molar-refractivity contribution in [1.82, 2.24) is 0 Å². The number of esters is 1. The molecular formula is C22H31FO3. The number of ether oxygens (including phenoxy) is 2. The molecule has 26 heavy (non-hydrogen) atoms. The predicted octanol–water partition coefficient (Wildman–Crippen LogP) is 5.55. The number of cyclic esters (lactones) is 1. The predicted molar refractivity (Wildman–Crippen MR) is 100 cm³/mol. The fraction of sp³-hybridized carbons (Fsp3) is 0.682. The molecule has 0 radical (unpaired) electrons. The molecule has 0 aromatic heterocycles. The lowest BCUT2D eigenvalue weighted by atomic mass is 9.86. The fourth-order valence-electron chi connectivity index (χ4n) is 4.22. The van der Waals surface area contributed by atoms with Crippen LogP contribution in [-0.2, 0) is 15.9 Å². The number of hydrogen-bond acceptors (Lipinski definition) is 3. The van der Waals surface area contributed by atoms with Crippen molar-refractivity contribution >= 4 is 5.97 Å². The highest BCUT2D eigenvalue weighted by molar-refractivity contribution is 5.92. The van der Waals surface area contributed by atoms with Crippen LogP contribution in [0.25, 0.3) is 0 Å². The van der Waals surface area contributed by atoms with Gasteiger partial charge in [0, 0.05) is 12.3 Å². The standard InChI is InChI=1S/C22H31FO3/c1-3-5-6-8-18-13-15-10-12-19(21(23)20(15)22(24)26-18)16-9-11-17(7-4-2)25-14-16/h10,12,16-18H,3-9,11,13-14H2,1-2H3. The minimum atomic E-state index is -0.493. The van der Waals surface area contributed by atoms with E-state index >= 15 is 4.39 Å². The lowest BCUT2D eigenvalue weighted by Crippen LogP contribution is -2.30. The highest BCUT2D eigenvalue weighted by Crippen LogP contribution is 2.35. The van der Waals surface area contributed by atoms with E-state index in [-0.39, 0.29) is 23.4 Å². The van der Waals surface area contributed by atoms with Gasteiger partial charge in [-0.3, -0.25) is 0 Å². The molecule has 3 atom stereocenters. The van der Waals surface area contributed by atoms with E-state index in [1.165, 1.54) is 0 Å². The smallest absolute Gasteiger partial charge is 0.341 e. The maximum absolute atomic E-state index is 15.1. The Balaban J connectivity index is 1.71. The average Bonchev–Trinajstić information content (AvgIpc) is 2.63. The second-order valence-electron chi connectivity index (χ2n) is 7.75. The first kappa shape index (κ1) is 19.3. The number of fused-ring (bicyclic) bond motifs is 1. The molecule has 144 valence electrons. The number of benzene rings is 1. The first-order chi connectivity index (χ1) is 12.6. The normalized spacial score (nSPS) is 25.7. The first-order valence-corrected chi connectivity index (χ1v) is 10.3. The summed E-state index contributed by atoms with van der Waals surface area (Å²) < 4.78 is 26.5. The molecular weight excluding hydrogens is 331 g/mol. The van der Waals surface area contributed by atoms with Gasteiger partial charge < -0.3 is 9.47 Å². The molecule has 0 bridgehead atoms. The second kappa shape index (κ2) is 8.98. The van der Waals surface area contributed by atoms with Crippen molar-refractivity contribution in [3.8, 4) is 0 Å². The van der Waals surface area contributed by atoms with Crippen molar-refractivity contribution in [3.63, 3.8) is 0 Å². The Labute approximate surface area is 156 Å². The van der Waals surface area contributed by atoms with Crippen molar-refractivity contribution in [1.29, 1.82) is 0 Å². The van der Waals surface area contributed by atoms with Crippen molar-refractivity contribution < 1.29 is 18.7 Å². The van der Waals surface area contributed by atoms with E-state index in [0.29, 0.717) is 24.7 Å². The first-order valence-electron chi connectivity index (χ1n) is 10.3. The third-order valence-corrected chi connectivity index (χ3v) is 5.73. The SMILES string of the molecule is CCCCCC1Cc2ccc(C3CCC(CCC)OC3)c(F)c2C(=O)O1. The molecule has 1 fully saturated rings. The van der Waals surface area contributed by atoms with E-state index < -0.39 is 5.97 Å². The second-order valence-corrected chi connectivity index (χ2v) is 7.75. The number of carbonyl (C=O) groups is 1. The summed E-state index contributed by atoms with van der Waals surface area (Å²) in [4.78, 5) is 12.4. The molecule has 2 aliphatic heterocycles. The molecule has 3 rings (SSSR count). The van der Waals surface area contributed by atoms with Gasteiger partial charge in [-0.1, -0.05) is 45.2 Å². The van der Waals surface area contributed by atoms with Crippen molar-refractivity contribution in [2.75, 3.05) is 6.61 Å². The number of carbonyl (C=O) groups excluding carboxylic acids is 1. The van der Waals surface area contributed by atoms with Gasteiger partial charge in [-0.2, -0.15) is 0 Å². The lowest BCUT2D eigenvalue weighted by Gasteiger charge is -2.31. The summed E-state index contributed by atoms with van der Waals surface area (Å²) in [7, 11) is 0. The Hall–Kier alpha value is -1.42. The summed E-state index contributed by atoms with van der Waals surface area (Å²) in [5.74, 6) is -0.849. The molecule has 1 aromatic carbocycles. The quantitative estimate of drug-likeness (QED) is 0.471. The van der Waals surface area contributed by atoms with Gasteiger partial charge in [0.15, 0.2) is 0 Å². The maximum atomic E-state index is 15.1. The Morgan fingerprint density at radius 2 is 1.92 bits per heavy atom. The molecule has 1 aromatic rings. The van der Waals surface area contributed by atoms with E-state index in [1.54, 1.807) is 0 Å². The van der Waals surface area contributed by atoms with Crippen LogP contribution in [0.15, 0.2) is 12.1 Å². The van der Waals surface area contributed by atoms with Crippen LogP contribution in [0.1, 0.15) is 92.6 Å². The Kier molecular flexibility index (Phi) is 6.68. The highest BCUT2D eigenvalue weighted by Gasteiger charge is 2.33. The molecule has 0 amide bonds. The molecule has 4 heteroatoms. The fourth-order valence-corrected chi connectivity index (χ4v) is 4.22. The summed E-state index contributed by atoms with van der Waals surface area (Å²) in [6.45, 7) is 4.84. The van der Waals surface area contributed by atoms with Gasteiger partial charge in [0.05, 0.1) is 18.3 Å². The van der Waals surface area contributed by atoms with Gasteiger partial charge in [0.25, 0.3) is 0 Å². The molecule has 0 saturated carbocycles. The van der Waals surface area contributed by atoms with E-state index in [0.717, 1.165) is 56.9 Å². The third-order valence-electron chi connectivity index (χ3n) is 5.73. The average molecular weight is 362 g/mol. The van der Waals surface area contributed by atoms with Gasteiger partial charge in [0.2, 0.25) is 0 Å². The number of unbranched alkanes of at least 4 members (excludes halogenated alkanes) is 2. The Morgan fingerprint density at radius 1 is 1.08 bits per heavy atom. The molecule has 0 N–H and O–H groups in total. The lowest BCUT2D eigenvalue weighted by molar-refractivity contribution is -0.00197. The Bertz CT molecular complexity index is 620. The highest BCUT2D eigenvalue weighted by atomic mass is 19.1. The zero-order valence-corrected chi connectivity index (χ0v) is 16.1. The van der Waals surface area contributed by atoms with Crippen molar-refractivity contribution in [2.45, 2.75) is 89.8 Å². The van der Waals surface area contributed by atoms with Crippen LogP contribution in [0.4, 0.5) is 4.39 Å². The molecule has 2 heterocycles. The van der Waals surface area contributed by atoms with Crippen LogP contribution >= 0.6 is 0 Å². The molecule has 0 spiro atoms. The summed E-state index contributed by atoms with van der Waals surface area (Å²) in [6, 6.07) is 3.79. The molecule has 3 unspecified atom stereocenters. The molecule has 0 aliphatic carbocycles. The van der Waals surface area contributed by atoms with Gasteiger partial charge in [-0.25, -0.2) is 9.18 Å². The monoisotopic (exact) mass is 362 g/mol. The van der Waals surface area contributed by atoms with E-state index in [9.17, 15) is 4.79 Å². The number of hydrogen-bond donors (Lipinski definition) is 0. The minimum absolute atomic E-state index is 0.0310. The topological polar surface area (TPSA) is 35.5 Å². The van der Waals surface area contributed by atoms with Gasteiger partial charge >= 0.3 is 5.97 Å². The summed E-state index contributed by atoms with van der Waals surface area (Å²) >= 11 is 0. The van der Waals surface area contributed by atoms with E-state index in [4.69, 9.17) is 9.47 Å². The number of halogens is 1. The zero-order valence-electron chi connectivity index (χ0n) is 16.1. The van der Waals surface area contributed by atoms with Crippen LogP contribution in [0.5, 0.6) is 0 Å². The van der Waals surface area contributed by atoms with Crippen LogP contribution in [-0.4, -0.2) is 24.8 Å². The van der Waals surface area contributed by atoms with Crippen LogP contribution in [0.2, 0.25) is 0 Å². The van der Waals surface area contributed by atoms with E-state index in [1.807, 2.05) is 12.1 Å². The zero-order chi connectivity index (χ0) is 18.5. The largest absolute Gasteiger partial charge is 0.458 e. The van der Waals surface area contributed by atoms with Crippen LogP contribution in [0.3, 0.4) is 0 Å².